The van der Waals surface area contributed by atoms with E-state index in [-0.39, 0.29) is 5.41 Å². The molecule has 0 spiro atoms. The van der Waals surface area contributed by atoms with Crippen molar-refractivity contribution in [3.05, 3.63) is 288 Å². The van der Waals surface area contributed by atoms with Crippen LogP contribution < -0.4 is 9.80 Å². The van der Waals surface area contributed by atoms with Gasteiger partial charge in [-0.1, -0.05) is 208 Å². The lowest BCUT2D eigenvalue weighted by Gasteiger charge is -2.38. The average Bonchev–Trinajstić information content (AvgIpc) is 4.27. The highest BCUT2D eigenvalue weighted by Crippen LogP contribution is 2.61. The number of furan rings is 1. The minimum absolute atomic E-state index is 0.270. The summed E-state index contributed by atoms with van der Waals surface area (Å²) in [5.41, 5.74) is 20.0. The van der Waals surface area contributed by atoms with Crippen molar-refractivity contribution in [2.24, 2.45) is 0 Å². The summed E-state index contributed by atoms with van der Waals surface area (Å²) in [5, 5.41) is 4.68. The Morgan fingerprint density at radius 3 is 1.59 bits per heavy atom. The molecule has 0 amide bonds. The summed E-state index contributed by atoms with van der Waals surface area (Å²) in [7, 11) is 0. The lowest BCUT2D eigenvalue weighted by molar-refractivity contribution is 0.661. The summed E-state index contributed by atoms with van der Waals surface area (Å²) in [6, 6.07) is 94.1. The second-order valence-electron chi connectivity index (χ2n) is 20.3. The Labute approximate surface area is 434 Å². The van der Waals surface area contributed by atoms with Gasteiger partial charge in [-0.3, -0.25) is 0 Å². The van der Waals surface area contributed by atoms with Crippen molar-refractivity contribution in [1.29, 1.82) is 0 Å². The Balaban J connectivity index is 1.05. The van der Waals surface area contributed by atoms with E-state index >= 15 is 0 Å². The molecule has 0 saturated heterocycles. The average molecular weight is 965 g/mol. The summed E-state index contributed by atoms with van der Waals surface area (Å²) in [6.07, 6.45) is 0. The number of nitrogens with zero attached hydrogens (tertiary/aromatic N) is 2. The molecule has 0 fully saturated rings. The van der Waals surface area contributed by atoms with Crippen molar-refractivity contribution in [3.8, 4) is 22.3 Å². The van der Waals surface area contributed by atoms with Crippen LogP contribution in [0.3, 0.4) is 0 Å². The zero-order valence-corrected chi connectivity index (χ0v) is 41.8. The number of fused-ring (bicyclic) bond motifs is 12. The van der Waals surface area contributed by atoms with E-state index < -0.39 is 5.41 Å². The van der Waals surface area contributed by atoms with Gasteiger partial charge in [0, 0.05) is 43.2 Å². The van der Waals surface area contributed by atoms with Gasteiger partial charge in [-0.2, -0.15) is 0 Å². The predicted octanol–water partition coefficient (Wildman–Crippen LogP) is 19.6. The van der Waals surface area contributed by atoms with Crippen LogP contribution in [0.5, 0.6) is 0 Å². The first-order chi connectivity index (χ1) is 36.5. The smallest absolute Gasteiger partial charge is 0.137 e. The SMILES string of the molecule is CC1(C)c2ccccc2-c2cccc(N(c3cccc(N(c4cccc5c4C(c4ccccc4)(c4ccccc4)c4ccccc4-5)c4cccc5oc6ccccc6c45)c3)c3cccc4c3sc3ccccc34)c21. The van der Waals surface area contributed by atoms with Crippen molar-refractivity contribution in [2.45, 2.75) is 24.7 Å². The van der Waals surface area contributed by atoms with Gasteiger partial charge >= 0.3 is 0 Å². The molecule has 0 bridgehead atoms. The number of hydrogen-bond donors (Lipinski definition) is 0. The van der Waals surface area contributed by atoms with Crippen LogP contribution in [0.25, 0.3) is 64.4 Å². The summed E-state index contributed by atoms with van der Waals surface area (Å²) < 4.78 is 9.27. The van der Waals surface area contributed by atoms with E-state index in [2.05, 4.69) is 278 Å². The largest absolute Gasteiger partial charge is 0.456 e. The fourth-order valence-electron chi connectivity index (χ4n) is 13.1. The first kappa shape index (κ1) is 42.7. The Hall–Kier alpha value is -8.96. The van der Waals surface area contributed by atoms with Gasteiger partial charge in [0.1, 0.15) is 11.2 Å². The van der Waals surface area contributed by atoms with E-state index in [9.17, 15) is 0 Å². The van der Waals surface area contributed by atoms with Gasteiger partial charge in [0.25, 0.3) is 0 Å². The highest BCUT2D eigenvalue weighted by Gasteiger charge is 2.48. The molecule has 15 rings (SSSR count). The summed E-state index contributed by atoms with van der Waals surface area (Å²) in [6.45, 7) is 4.79. The third-order valence-corrected chi connectivity index (χ3v) is 17.3. The van der Waals surface area contributed by atoms with Gasteiger partial charge in [-0.15, -0.1) is 11.3 Å². The second-order valence-corrected chi connectivity index (χ2v) is 21.3. The highest BCUT2D eigenvalue weighted by atomic mass is 32.1. The first-order valence-corrected chi connectivity index (χ1v) is 26.4. The van der Waals surface area contributed by atoms with Crippen LogP contribution in [-0.4, -0.2) is 0 Å². The fraction of sp³-hybridized carbons (Fsp3) is 0.0571. The number of rotatable bonds is 8. The summed E-state index contributed by atoms with van der Waals surface area (Å²) in [4.78, 5) is 5.09. The maximum atomic E-state index is 6.74. The Kier molecular flexibility index (Phi) is 9.39. The number of hydrogen-bond acceptors (Lipinski definition) is 4. The molecule has 0 atom stereocenters. The number of benzene rings is 11. The van der Waals surface area contributed by atoms with Crippen molar-refractivity contribution in [3.63, 3.8) is 0 Å². The first-order valence-electron chi connectivity index (χ1n) is 25.6. The van der Waals surface area contributed by atoms with Crippen molar-refractivity contribution < 1.29 is 4.42 Å². The molecule has 350 valence electrons. The fourth-order valence-corrected chi connectivity index (χ4v) is 14.3. The molecule has 74 heavy (non-hydrogen) atoms. The van der Waals surface area contributed by atoms with Crippen LogP contribution in [0.2, 0.25) is 0 Å². The Bertz CT molecular complexity index is 4330. The second kappa shape index (κ2) is 16.3. The van der Waals surface area contributed by atoms with Crippen LogP contribution in [0.1, 0.15) is 47.2 Å². The minimum atomic E-state index is -0.665. The molecule has 2 aromatic heterocycles. The van der Waals surface area contributed by atoms with Gasteiger partial charge in [-0.25, -0.2) is 0 Å². The zero-order valence-electron chi connectivity index (χ0n) is 41.0. The normalized spacial score (nSPS) is 13.8. The molecule has 0 N–H and O–H groups in total. The van der Waals surface area contributed by atoms with E-state index in [1.54, 1.807) is 0 Å². The maximum Gasteiger partial charge on any atom is 0.137 e. The molecule has 2 heterocycles. The van der Waals surface area contributed by atoms with Crippen LogP contribution in [0.15, 0.2) is 259 Å². The van der Waals surface area contributed by atoms with Crippen LogP contribution in [-0.2, 0) is 10.8 Å². The maximum absolute atomic E-state index is 6.74. The standard InChI is InChI=1S/C70H48N2OS/c1-69(2)56-35-13-9-28-49(56)52-32-18-38-59(66(52)69)72(61-40-20-34-54-51-30-12-16-43-64(51)74-68(54)61)48-27-17-26-47(44-48)71(58-37-21-42-63-65(58)55-31-11-15-41-62(55)73-63)60-39-19-33-53-50-29-10-14-36-57(50)70(67(53)60,45-22-5-3-6-23-45)46-24-7-4-8-25-46/h3-44H,1-2H3. The summed E-state index contributed by atoms with van der Waals surface area (Å²) in [5.74, 6) is 0. The molecule has 13 aromatic rings. The molecule has 11 aromatic carbocycles. The van der Waals surface area contributed by atoms with Gasteiger partial charge in [-0.05, 0) is 111 Å². The lowest BCUT2D eigenvalue weighted by atomic mass is 9.67. The van der Waals surface area contributed by atoms with Crippen molar-refractivity contribution >= 4 is 87.6 Å². The summed E-state index contributed by atoms with van der Waals surface area (Å²) >= 11 is 1.87. The van der Waals surface area contributed by atoms with E-state index in [1.165, 1.54) is 81.5 Å². The van der Waals surface area contributed by atoms with Gasteiger partial charge in [0.15, 0.2) is 0 Å². The molecular formula is C70H48N2OS. The Morgan fingerprint density at radius 2 is 0.851 bits per heavy atom. The molecule has 0 aliphatic heterocycles. The number of para-hydroxylation sites is 1. The van der Waals surface area contributed by atoms with Gasteiger partial charge in [0.2, 0.25) is 0 Å². The topological polar surface area (TPSA) is 19.6 Å². The Morgan fingerprint density at radius 1 is 0.365 bits per heavy atom. The molecule has 3 nitrogen and oxygen atoms in total. The molecule has 2 aliphatic carbocycles. The molecule has 0 unspecified atom stereocenters. The van der Waals surface area contributed by atoms with E-state index in [0.29, 0.717) is 0 Å². The van der Waals surface area contributed by atoms with Crippen LogP contribution in [0.4, 0.5) is 34.1 Å². The van der Waals surface area contributed by atoms with Crippen molar-refractivity contribution in [1.82, 2.24) is 0 Å². The van der Waals surface area contributed by atoms with Gasteiger partial charge in [0.05, 0.1) is 38.3 Å². The molecular weight excluding hydrogens is 917 g/mol. The molecule has 0 saturated carbocycles. The third-order valence-electron chi connectivity index (χ3n) is 16.1. The zero-order chi connectivity index (χ0) is 49.1. The van der Waals surface area contributed by atoms with Crippen LogP contribution >= 0.6 is 11.3 Å². The highest BCUT2D eigenvalue weighted by molar-refractivity contribution is 7.26. The monoisotopic (exact) mass is 964 g/mol. The predicted molar refractivity (Wildman–Crippen MR) is 311 cm³/mol. The van der Waals surface area contributed by atoms with Crippen molar-refractivity contribution in [2.75, 3.05) is 9.80 Å². The molecule has 0 radical (unpaired) electrons. The van der Waals surface area contributed by atoms with E-state index in [1.807, 2.05) is 11.3 Å². The van der Waals surface area contributed by atoms with Gasteiger partial charge < -0.3 is 14.2 Å². The number of thiophene rings is 1. The van der Waals surface area contributed by atoms with Crippen LogP contribution in [0, 0.1) is 0 Å². The quantitative estimate of drug-likeness (QED) is 0.151. The third kappa shape index (κ3) is 6.00. The van der Waals surface area contributed by atoms with E-state index in [4.69, 9.17) is 4.42 Å². The minimum Gasteiger partial charge on any atom is -0.456 e. The number of anilines is 6. The lowest BCUT2D eigenvalue weighted by Crippen LogP contribution is -2.30. The molecule has 2 aliphatic rings. The van der Waals surface area contributed by atoms with E-state index in [0.717, 1.165) is 50.4 Å². The molecule has 4 heteroatoms.